The molecule has 0 bridgehead atoms. The molecule has 7 heteroatoms. The van der Waals surface area contributed by atoms with E-state index < -0.39 is 0 Å². The predicted molar refractivity (Wildman–Crippen MR) is 126 cm³/mol. The van der Waals surface area contributed by atoms with E-state index in [1.807, 2.05) is 24.4 Å². The molecule has 0 saturated carbocycles. The van der Waals surface area contributed by atoms with Crippen LogP contribution < -0.4 is 15.4 Å². The maximum Gasteiger partial charge on any atom is 0.191 e. The fourth-order valence-corrected chi connectivity index (χ4v) is 3.16. The summed E-state index contributed by atoms with van der Waals surface area (Å²) < 4.78 is 6.05. The lowest BCUT2D eigenvalue weighted by atomic mass is 10.1. The smallest absolute Gasteiger partial charge is 0.191 e. The molecular weight excluding hydrogens is 471 g/mol. The lowest BCUT2D eigenvalue weighted by Crippen LogP contribution is -2.38. The van der Waals surface area contributed by atoms with E-state index in [4.69, 9.17) is 9.73 Å². The van der Waals surface area contributed by atoms with Crippen molar-refractivity contribution in [1.82, 2.24) is 15.6 Å². The molecule has 2 N–H and O–H groups in total. The highest BCUT2D eigenvalue weighted by Gasteiger charge is 2.14. The fourth-order valence-electron chi connectivity index (χ4n) is 2.37. The van der Waals surface area contributed by atoms with Gasteiger partial charge in [0.05, 0.1) is 11.6 Å². The summed E-state index contributed by atoms with van der Waals surface area (Å²) >= 11 is 1.74. The number of ether oxygens (including phenoxy) is 1. The molecular formula is C20H31IN4OS. The van der Waals surface area contributed by atoms with Crippen molar-refractivity contribution in [1.29, 1.82) is 0 Å². The van der Waals surface area contributed by atoms with Gasteiger partial charge in [-0.15, -0.1) is 35.3 Å². The molecule has 0 aliphatic heterocycles. The van der Waals surface area contributed by atoms with E-state index in [2.05, 4.69) is 56.3 Å². The van der Waals surface area contributed by atoms with Crippen molar-refractivity contribution in [2.45, 2.75) is 53.2 Å². The summed E-state index contributed by atoms with van der Waals surface area (Å²) in [6.07, 6.45) is 2.82. The Morgan fingerprint density at radius 1 is 1.22 bits per heavy atom. The summed E-state index contributed by atoms with van der Waals surface area (Å²) in [6.45, 7) is 12.5. The second kappa shape index (κ2) is 11.5. The van der Waals surface area contributed by atoms with E-state index >= 15 is 0 Å². The molecule has 1 aromatic carbocycles. The van der Waals surface area contributed by atoms with E-state index in [1.165, 1.54) is 4.88 Å². The molecule has 0 aliphatic rings. The Labute approximate surface area is 184 Å². The van der Waals surface area contributed by atoms with Gasteiger partial charge in [0.15, 0.2) is 5.96 Å². The van der Waals surface area contributed by atoms with E-state index in [0.717, 1.165) is 41.8 Å². The van der Waals surface area contributed by atoms with Crippen LogP contribution in [0, 0.1) is 6.92 Å². The van der Waals surface area contributed by atoms with Gasteiger partial charge < -0.3 is 15.4 Å². The first-order valence-corrected chi connectivity index (χ1v) is 9.89. The van der Waals surface area contributed by atoms with Crippen LogP contribution in [0.1, 0.15) is 43.1 Å². The van der Waals surface area contributed by atoms with Gasteiger partial charge in [-0.2, -0.15) is 0 Å². The quantitative estimate of drug-likeness (QED) is 0.332. The number of hydrogen-bond acceptors (Lipinski definition) is 4. The number of nitrogens with one attached hydrogen (secondary N) is 2. The van der Waals surface area contributed by atoms with E-state index in [0.29, 0.717) is 6.54 Å². The number of thiazole rings is 1. The minimum Gasteiger partial charge on any atom is -0.488 e. The third kappa shape index (κ3) is 8.92. The molecule has 0 unspecified atom stereocenters. The number of aryl methyl sites for hydroxylation is 1. The van der Waals surface area contributed by atoms with Gasteiger partial charge in [-0.3, -0.25) is 0 Å². The Balaban J connectivity index is 0.00000364. The van der Waals surface area contributed by atoms with Crippen LogP contribution >= 0.6 is 35.3 Å². The number of halogens is 1. The molecule has 5 nitrogen and oxygen atoms in total. The molecule has 0 amide bonds. The van der Waals surface area contributed by atoms with E-state index in [1.54, 1.807) is 11.3 Å². The van der Waals surface area contributed by atoms with E-state index in [9.17, 15) is 0 Å². The zero-order chi connectivity index (χ0) is 19.0. The third-order valence-electron chi connectivity index (χ3n) is 3.44. The van der Waals surface area contributed by atoms with Gasteiger partial charge >= 0.3 is 0 Å². The lowest BCUT2D eigenvalue weighted by Gasteiger charge is -2.23. The molecule has 2 aromatic rings. The third-order valence-corrected chi connectivity index (χ3v) is 4.41. The maximum atomic E-state index is 6.05. The zero-order valence-corrected chi connectivity index (χ0v) is 20.0. The second-order valence-electron chi connectivity index (χ2n) is 7.06. The molecule has 27 heavy (non-hydrogen) atoms. The van der Waals surface area contributed by atoms with Gasteiger partial charge in [0.25, 0.3) is 0 Å². The Morgan fingerprint density at radius 2 is 1.96 bits per heavy atom. The number of rotatable bonds is 7. The number of para-hydroxylation sites is 1. The zero-order valence-electron chi connectivity index (χ0n) is 16.8. The van der Waals surface area contributed by atoms with Crippen LogP contribution in [-0.2, 0) is 13.0 Å². The van der Waals surface area contributed by atoms with Gasteiger partial charge in [-0.1, -0.05) is 18.2 Å². The van der Waals surface area contributed by atoms with Gasteiger partial charge in [0.1, 0.15) is 11.4 Å². The largest absolute Gasteiger partial charge is 0.488 e. The van der Waals surface area contributed by atoms with Crippen LogP contribution in [0.5, 0.6) is 5.75 Å². The van der Waals surface area contributed by atoms with Crippen molar-refractivity contribution in [3.63, 3.8) is 0 Å². The predicted octanol–water partition coefficient (Wildman–Crippen LogP) is 4.54. The average Bonchev–Trinajstić information content (AvgIpc) is 2.98. The minimum atomic E-state index is -0.228. The highest BCUT2D eigenvalue weighted by Crippen LogP contribution is 2.23. The summed E-state index contributed by atoms with van der Waals surface area (Å²) in [5.41, 5.74) is 0.851. The Hall–Kier alpha value is -1.35. The summed E-state index contributed by atoms with van der Waals surface area (Å²) in [5, 5.41) is 7.82. The van der Waals surface area contributed by atoms with Crippen LogP contribution in [-0.4, -0.2) is 29.6 Å². The number of aliphatic imine (C=N–C) groups is 1. The average molecular weight is 502 g/mol. The first-order valence-electron chi connectivity index (χ1n) is 9.08. The number of hydrogen-bond donors (Lipinski definition) is 2. The lowest BCUT2D eigenvalue weighted by molar-refractivity contribution is 0.129. The summed E-state index contributed by atoms with van der Waals surface area (Å²) in [6, 6.07) is 8.08. The van der Waals surface area contributed by atoms with Gasteiger partial charge in [-0.25, -0.2) is 9.98 Å². The first kappa shape index (κ1) is 23.7. The minimum absolute atomic E-state index is 0. The number of nitrogens with zero attached hydrogens (tertiary/aromatic N) is 2. The van der Waals surface area contributed by atoms with Crippen LogP contribution in [0.25, 0.3) is 0 Å². The molecule has 1 aromatic heterocycles. The van der Waals surface area contributed by atoms with Crippen molar-refractivity contribution >= 4 is 41.3 Å². The van der Waals surface area contributed by atoms with Crippen molar-refractivity contribution in [3.8, 4) is 5.75 Å². The Kier molecular flexibility index (Phi) is 10.1. The van der Waals surface area contributed by atoms with Crippen LogP contribution in [0.2, 0.25) is 0 Å². The molecule has 1 heterocycles. The van der Waals surface area contributed by atoms with Gasteiger partial charge in [0, 0.05) is 36.1 Å². The molecule has 0 fully saturated rings. The molecule has 150 valence electrons. The molecule has 0 aliphatic carbocycles. The topological polar surface area (TPSA) is 58.5 Å². The van der Waals surface area contributed by atoms with Crippen LogP contribution in [0.15, 0.2) is 35.5 Å². The normalized spacial score (nSPS) is 11.7. The second-order valence-corrected chi connectivity index (χ2v) is 8.38. The highest BCUT2D eigenvalue weighted by molar-refractivity contribution is 14.0. The van der Waals surface area contributed by atoms with Crippen molar-refractivity contribution in [2.24, 2.45) is 4.99 Å². The first-order chi connectivity index (χ1) is 12.4. The monoisotopic (exact) mass is 502 g/mol. The number of benzene rings is 1. The molecule has 0 spiro atoms. The molecule has 2 rings (SSSR count). The molecule has 0 saturated heterocycles. The summed E-state index contributed by atoms with van der Waals surface area (Å²) in [7, 11) is 0. The Morgan fingerprint density at radius 3 is 2.59 bits per heavy atom. The summed E-state index contributed by atoms with van der Waals surface area (Å²) in [5.74, 6) is 1.70. The maximum absolute atomic E-state index is 6.05. The SMILES string of the molecule is CCNC(=NCc1ccccc1OC(C)(C)C)NCCc1ncc(C)s1.I. The molecule has 0 radical (unpaired) electrons. The fraction of sp³-hybridized carbons (Fsp3) is 0.500. The van der Waals surface area contributed by atoms with Crippen molar-refractivity contribution < 1.29 is 4.74 Å². The van der Waals surface area contributed by atoms with Crippen molar-refractivity contribution in [3.05, 3.63) is 45.9 Å². The standard InChI is InChI=1S/C20H30N4OS.HI/c1-6-21-19(22-12-11-18-23-13-15(2)26-18)24-14-16-9-7-8-10-17(16)25-20(3,4)5;/h7-10,13H,6,11-12,14H2,1-5H3,(H2,21,22,24);1H. The Bertz CT molecular complexity index is 725. The van der Waals surface area contributed by atoms with Crippen LogP contribution in [0.3, 0.4) is 0 Å². The van der Waals surface area contributed by atoms with Gasteiger partial charge in [-0.05, 0) is 40.7 Å². The van der Waals surface area contributed by atoms with Crippen molar-refractivity contribution in [2.75, 3.05) is 13.1 Å². The highest BCUT2D eigenvalue weighted by atomic mass is 127. The van der Waals surface area contributed by atoms with Crippen LogP contribution in [0.4, 0.5) is 0 Å². The number of guanidine groups is 1. The van der Waals surface area contributed by atoms with Gasteiger partial charge in [0.2, 0.25) is 0 Å². The van der Waals surface area contributed by atoms with E-state index in [-0.39, 0.29) is 29.6 Å². The summed E-state index contributed by atoms with van der Waals surface area (Å²) in [4.78, 5) is 10.4. The number of aromatic nitrogens is 1. The molecule has 0 atom stereocenters.